The monoisotopic (exact) mass is 253 g/mol. The van der Waals surface area contributed by atoms with E-state index >= 15 is 0 Å². The molecule has 0 bridgehead atoms. The summed E-state index contributed by atoms with van der Waals surface area (Å²) in [5.41, 5.74) is 0.883. The van der Waals surface area contributed by atoms with E-state index in [1.165, 1.54) is 32.1 Å². The van der Waals surface area contributed by atoms with Crippen LogP contribution in [-0.4, -0.2) is 11.7 Å². The molecule has 0 unspecified atom stereocenters. The maximum Gasteiger partial charge on any atom is 0.138 e. The van der Waals surface area contributed by atoms with Gasteiger partial charge in [0, 0.05) is 12.1 Å². The summed E-state index contributed by atoms with van der Waals surface area (Å²) in [4.78, 5) is 0. The van der Waals surface area contributed by atoms with Gasteiger partial charge in [-0.25, -0.2) is 0 Å². The number of hydrogen-bond acceptors (Lipinski definition) is 2. The third-order valence-corrected chi connectivity index (χ3v) is 3.85. The van der Waals surface area contributed by atoms with Crippen LogP contribution < -0.4 is 5.32 Å². The molecular formula is C14H20ClNO. The van der Waals surface area contributed by atoms with Crippen LogP contribution in [0.3, 0.4) is 0 Å². The fourth-order valence-electron chi connectivity index (χ4n) is 2.50. The summed E-state index contributed by atoms with van der Waals surface area (Å²) in [6, 6.07) is 5.50. The molecule has 0 heterocycles. The molecule has 1 saturated carbocycles. The Bertz CT molecular complexity index is 361. The van der Waals surface area contributed by atoms with E-state index in [2.05, 4.69) is 5.32 Å². The molecule has 3 heteroatoms. The Balaban J connectivity index is 1.79. The molecule has 2 N–H and O–H groups in total. The molecule has 94 valence electrons. The Morgan fingerprint density at radius 3 is 2.76 bits per heavy atom. The summed E-state index contributed by atoms with van der Waals surface area (Å²) in [5.74, 6) is 1.02. The number of hydrogen-bond donors (Lipinski definition) is 2. The van der Waals surface area contributed by atoms with Crippen LogP contribution in [0.15, 0.2) is 18.2 Å². The molecule has 1 aromatic rings. The lowest BCUT2D eigenvalue weighted by atomic mass is 9.89. The lowest BCUT2D eigenvalue weighted by Gasteiger charge is -2.21. The Morgan fingerprint density at radius 1 is 1.24 bits per heavy atom. The third-order valence-electron chi connectivity index (χ3n) is 3.54. The predicted molar refractivity (Wildman–Crippen MR) is 71.4 cm³/mol. The van der Waals surface area contributed by atoms with Crippen molar-refractivity contribution in [3.8, 4) is 5.75 Å². The Kier molecular flexibility index (Phi) is 4.69. The molecule has 1 aliphatic rings. The average molecular weight is 254 g/mol. The lowest BCUT2D eigenvalue weighted by molar-refractivity contribution is 0.341. The molecule has 0 aromatic heterocycles. The minimum Gasteiger partial charge on any atom is -0.506 e. The number of benzene rings is 1. The van der Waals surface area contributed by atoms with Gasteiger partial charge in [-0.05, 0) is 31.4 Å². The van der Waals surface area contributed by atoms with Gasteiger partial charge in [0.15, 0.2) is 0 Å². The van der Waals surface area contributed by atoms with Crippen molar-refractivity contribution in [2.75, 3.05) is 6.54 Å². The highest BCUT2D eigenvalue weighted by atomic mass is 35.5. The fourth-order valence-corrected chi connectivity index (χ4v) is 2.70. The van der Waals surface area contributed by atoms with Crippen LogP contribution in [-0.2, 0) is 6.54 Å². The molecular weight excluding hydrogens is 234 g/mol. The minimum atomic E-state index is 0.213. The van der Waals surface area contributed by atoms with E-state index in [1.807, 2.05) is 12.1 Å². The van der Waals surface area contributed by atoms with Crippen molar-refractivity contribution < 1.29 is 5.11 Å². The first-order valence-corrected chi connectivity index (χ1v) is 6.82. The van der Waals surface area contributed by atoms with Gasteiger partial charge in [0.1, 0.15) is 5.75 Å². The number of rotatable bonds is 4. The standard InChI is InChI=1S/C14H20ClNO/c15-13-8-4-7-12(14(13)17)10-16-9-11-5-2-1-3-6-11/h4,7-8,11,16-17H,1-3,5-6,9-10H2. The van der Waals surface area contributed by atoms with Gasteiger partial charge in [-0.15, -0.1) is 0 Å². The molecule has 0 amide bonds. The molecule has 0 atom stereocenters. The van der Waals surface area contributed by atoms with Crippen LogP contribution in [0.25, 0.3) is 0 Å². The summed E-state index contributed by atoms with van der Waals surface area (Å²) in [6.45, 7) is 1.74. The summed E-state index contributed by atoms with van der Waals surface area (Å²) in [5, 5.41) is 13.6. The van der Waals surface area contributed by atoms with E-state index in [1.54, 1.807) is 6.07 Å². The number of aromatic hydroxyl groups is 1. The molecule has 0 spiro atoms. The molecule has 17 heavy (non-hydrogen) atoms. The number of phenolic OH excluding ortho intramolecular Hbond substituents is 1. The van der Waals surface area contributed by atoms with Crippen molar-refractivity contribution in [2.45, 2.75) is 38.6 Å². The van der Waals surface area contributed by atoms with E-state index in [0.717, 1.165) is 18.0 Å². The number of para-hydroxylation sites is 1. The van der Waals surface area contributed by atoms with Gasteiger partial charge in [-0.3, -0.25) is 0 Å². The zero-order chi connectivity index (χ0) is 12.1. The van der Waals surface area contributed by atoms with E-state index < -0.39 is 0 Å². The summed E-state index contributed by atoms with van der Waals surface area (Å²) >= 11 is 5.86. The Morgan fingerprint density at radius 2 is 2.00 bits per heavy atom. The van der Waals surface area contributed by atoms with Gasteiger partial charge in [0.25, 0.3) is 0 Å². The molecule has 1 aliphatic carbocycles. The van der Waals surface area contributed by atoms with Gasteiger partial charge in [-0.2, -0.15) is 0 Å². The smallest absolute Gasteiger partial charge is 0.138 e. The minimum absolute atomic E-state index is 0.213. The van der Waals surface area contributed by atoms with Gasteiger partial charge in [0.2, 0.25) is 0 Å². The van der Waals surface area contributed by atoms with Crippen LogP contribution in [0.4, 0.5) is 0 Å². The second-order valence-corrected chi connectivity index (χ2v) is 5.29. The molecule has 2 nitrogen and oxygen atoms in total. The van der Waals surface area contributed by atoms with Crippen molar-refractivity contribution in [3.05, 3.63) is 28.8 Å². The van der Waals surface area contributed by atoms with Crippen LogP contribution in [0.2, 0.25) is 5.02 Å². The van der Waals surface area contributed by atoms with Gasteiger partial charge in [-0.1, -0.05) is 43.0 Å². The van der Waals surface area contributed by atoms with Crippen LogP contribution in [0.1, 0.15) is 37.7 Å². The average Bonchev–Trinajstić information content (AvgIpc) is 2.36. The highest BCUT2D eigenvalue weighted by Crippen LogP contribution is 2.27. The second kappa shape index (κ2) is 6.27. The first-order valence-electron chi connectivity index (χ1n) is 6.44. The van der Waals surface area contributed by atoms with Crippen LogP contribution in [0.5, 0.6) is 5.75 Å². The normalized spacial score (nSPS) is 17.2. The van der Waals surface area contributed by atoms with Crippen molar-refractivity contribution in [3.63, 3.8) is 0 Å². The molecule has 0 aliphatic heterocycles. The maximum atomic E-state index is 9.76. The molecule has 1 fully saturated rings. The Hall–Kier alpha value is -0.730. The SMILES string of the molecule is Oc1c(Cl)cccc1CNCC1CCCCC1. The topological polar surface area (TPSA) is 32.3 Å². The Labute approximate surface area is 108 Å². The van der Waals surface area contributed by atoms with Gasteiger partial charge in [0.05, 0.1) is 5.02 Å². The number of nitrogens with one attached hydrogen (secondary N) is 1. The largest absolute Gasteiger partial charge is 0.506 e. The molecule has 1 aromatic carbocycles. The molecule has 0 saturated heterocycles. The summed E-state index contributed by atoms with van der Waals surface area (Å²) in [7, 11) is 0. The van der Waals surface area contributed by atoms with Crippen LogP contribution in [0, 0.1) is 5.92 Å². The maximum absolute atomic E-state index is 9.76. The van der Waals surface area contributed by atoms with Crippen molar-refractivity contribution >= 4 is 11.6 Å². The summed E-state index contributed by atoms with van der Waals surface area (Å²) in [6.07, 6.45) is 6.82. The van der Waals surface area contributed by atoms with E-state index in [9.17, 15) is 5.11 Å². The lowest BCUT2D eigenvalue weighted by Crippen LogP contribution is -2.24. The highest BCUT2D eigenvalue weighted by molar-refractivity contribution is 6.32. The zero-order valence-electron chi connectivity index (χ0n) is 10.1. The zero-order valence-corrected chi connectivity index (χ0v) is 10.8. The van der Waals surface area contributed by atoms with Gasteiger partial charge < -0.3 is 10.4 Å². The van der Waals surface area contributed by atoms with E-state index in [0.29, 0.717) is 11.6 Å². The summed E-state index contributed by atoms with van der Waals surface area (Å²) < 4.78 is 0. The van der Waals surface area contributed by atoms with Gasteiger partial charge >= 0.3 is 0 Å². The first kappa shape index (κ1) is 12.7. The van der Waals surface area contributed by atoms with E-state index in [4.69, 9.17) is 11.6 Å². The number of phenols is 1. The van der Waals surface area contributed by atoms with Crippen molar-refractivity contribution in [1.82, 2.24) is 5.32 Å². The van der Waals surface area contributed by atoms with E-state index in [-0.39, 0.29) is 5.75 Å². The number of halogens is 1. The molecule has 0 radical (unpaired) electrons. The predicted octanol–water partition coefficient (Wildman–Crippen LogP) is 3.72. The quantitative estimate of drug-likeness (QED) is 0.857. The van der Waals surface area contributed by atoms with Crippen molar-refractivity contribution in [2.24, 2.45) is 5.92 Å². The molecule has 2 rings (SSSR count). The second-order valence-electron chi connectivity index (χ2n) is 4.88. The van der Waals surface area contributed by atoms with Crippen molar-refractivity contribution in [1.29, 1.82) is 0 Å². The first-order chi connectivity index (χ1) is 8.27. The van der Waals surface area contributed by atoms with Crippen LogP contribution >= 0.6 is 11.6 Å². The fraction of sp³-hybridized carbons (Fsp3) is 0.571. The highest BCUT2D eigenvalue weighted by Gasteiger charge is 2.13. The third kappa shape index (κ3) is 3.62.